The Morgan fingerprint density at radius 2 is 1.71 bits per heavy atom. The van der Waals surface area contributed by atoms with E-state index in [1.807, 2.05) is 55.5 Å². The largest absolute Gasteiger partial charge is 0.494 e. The molecule has 2 aliphatic carbocycles. The molecule has 4 aromatic rings. The molecule has 2 atom stereocenters. The van der Waals surface area contributed by atoms with Gasteiger partial charge in [0.15, 0.2) is 5.71 Å². The number of carbonyl (C=O) groups is 2. The topological polar surface area (TPSA) is 181 Å². The van der Waals surface area contributed by atoms with E-state index in [9.17, 15) is 32.2 Å². The summed E-state index contributed by atoms with van der Waals surface area (Å²) < 4.78 is 51.9. The Bertz CT molecular complexity index is 3200. The molecule has 4 aliphatic rings. The predicted octanol–water partition coefficient (Wildman–Crippen LogP) is 12.2. The second-order valence-electron chi connectivity index (χ2n) is 21.5. The molecule has 3 heterocycles. The van der Waals surface area contributed by atoms with Gasteiger partial charge in [-0.2, -0.15) is 13.0 Å². The van der Waals surface area contributed by atoms with Crippen LogP contribution in [-0.2, 0) is 44.5 Å². The van der Waals surface area contributed by atoms with Gasteiger partial charge < -0.3 is 29.9 Å². The van der Waals surface area contributed by atoms with Crippen LogP contribution in [-0.4, -0.2) is 86.2 Å². The number of hydrogen-bond donors (Lipinski definition) is 5. The number of carboxylic acids is 1. The van der Waals surface area contributed by atoms with Gasteiger partial charge >= 0.3 is 5.97 Å². The van der Waals surface area contributed by atoms with E-state index in [1.54, 1.807) is 18.3 Å². The SMILES string of the molecule is CC[N+]1=C(/C=C/C=C/C=C/C=C2/N(CCCCCC(=O)NCc3ccc4c(c3)Cc3cc(OCCCNc5cc(C)ccn5)ccc3CC4CC(=O)O)C3=C(CC(SO)C=C3)C2(C)C)C(C)(C)c2cc(S(=O)(=O)O)ccc21. The Kier molecular flexibility index (Phi) is 18.3. The summed E-state index contributed by atoms with van der Waals surface area (Å²) in [5, 5.41) is 16.4. The smallest absolute Gasteiger partial charge is 0.303 e. The molecule has 1 aromatic heterocycles. The van der Waals surface area contributed by atoms with Crippen LogP contribution in [0.3, 0.4) is 0 Å². The number of aromatic nitrogens is 1. The molecule has 77 heavy (non-hydrogen) atoms. The molecule has 13 nitrogen and oxygen atoms in total. The Labute approximate surface area is 459 Å². The maximum Gasteiger partial charge on any atom is 0.303 e. The zero-order valence-electron chi connectivity index (χ0n) is 45.2. The molecule has 15 heteroatoms. The zero-order valence-corrected chi connectivity index (χ0v) is 46.9. The molecule has 0 radical (unpaired) electrons. The van der Waals surface area contributed by atoms with Crippen molar-refractivity contribution in [3.63, 3.8) is 0 Å². The molecule has 0 saturated heterocycles. The number of benzene rings is 3. The van der Waals surface area contributed by atoms with Gasteiger partial charge in [-0.15, -0.1) is 0 Å². The second-order valence-corrected chi connectivity index (χ2v) is 23.7. The third kappa shape index (κ3) is 13.6. The number of aliphatic carboxylic acids is 1. The van der Waals surface area contributed by atoms with Crippen LogP contribution in [0.15, 0.2) is 149 Å². The summed E-state index contributed by atoms with van der Waals surface area (Å²) in [4.78, 5) is 32.0. The number of allylic oxidation sites excluding steroid dienone is 9. The van der Waals surface area contributed by atoms with Gasteiger partial charge in [-0.3, -0.25) is 14.1 Å². The van der Waals surface area contributed by atoms with Crippen molar-refractivity contribution in [1.82, 2.24) is 15.2 Å². The average Bonchev–Trinajstić information content (AvgIpc) is 3.91. The van der Waals surface area contributed by atoms with E-state index < -0.39 is 21.5 Å². The van der Waals surface area contributed by atoms with Crippen molar-refractivity contribution in [2.24, 2.45) is 5.41 Å². The standard InChI is InChI=1S/C62H73N5O8S2/c1-7-66-54-27-24-50(77(72,73)74)40-53(54)62(5,6)56(66)17-12-9-8-10-13-18-57-61(3,4)52-39-49(76-71)23-26-55(52)67(57)31-15-11-14-19-59(68)65-41-43-20-25-51-46(34-43)36-45-37-48(22-21-44(45)35-47(51)38-60(69)70)75-32-16-29-63-58-33-42(2)28-30-64-58/h8-10,12-13,17-18,20-28,30,33-34,37,40,47,49H,7,11,14-16,19,29,31-32,35-36,38-39,41H2,1-6H3,(H4-,63,64,65,68,69,70,71,72,73,74)/p+1. The third-order valence-corrected chi connectivity index (χ3v) is 16.8. The summed E-state index contributed by atoms with van der Waals surface area (Å²) in [7, 11) is -4.33. The number of carbonyl (C=O) groups excluding carboxylic acids is 1. The van der Waals surface area contributed by atoms with Gasteiger partial charge in [0, 0.05) is 66.8 Å². The number of aryl methyl sites for hydroxylation is 1. The van der Waals surface area contributed by atoms with Crippen LogP contribution in [0.25, 0.3) is 0 Å². The number of rotatable bonds is 23. The monoisotopic (exact) mass is 1080 g/mol. The maximum atomic E-state index is 13.3. The first-order chi connectivity index (χ1) is 36.9. The van der Waals surface area contributed by atoms with Crippen molar-refractivity contribution in [2.75, 3.05) is 31.6 Å². The summed E-state index contributed by atoms with van der Waals surface area (Å²) >= 11 is 0.883. The number of pyridine rings is 1. The molecule has 2 aliphatic heterocycles. The van der Waals surface area contributed by atoms with Gasteiger partial charge in [0.1, 0.15) is 18.1 Å². The Morgan fingerprint density at radius 1 is 0.909 bits per heavy atom. The summed E-state index contributed by atoms with van der Waals surface area (Å²) in [5.74, 6) is 0.643. The predicted molar refractivity (Wildman–Crippen MR) is 308 cm³/mol. The number of hydrogen-bond acceptors (Lipinski definition) is 10. The second kappa shape index (κ2) is 24.9. The van der Waals surface area contributed by atoms with Gasteiger partial charge in [-0.25, -0.2) is 4.98 Å². The summed E-state index contributed by atoms with van der Waals surface area (Å²) in [6.45, 7) is 15.9. The fourth-order valence-electron chi connectivity index (χ4n) is 11.4. The van der Waals surface area contributed by atoms with Crippen molar-refractivity contribution < 1.29 is 41.5 Å². The first-order valence-corrected chi connectivity index (χ1v) is 29.1. The molecule has 5 N–H and O–H groups in total. The summed E-state index contributed by atoms with van der Waals surface area (Å²) in [6, 6.07) is 21.1. The molecule has 406 valence electrons. The van der Waals surface area contributed by atoms with Crippen molar-refractivity contribution in [3.05, 3.63) is 184 Å². The molecular weight excluding hydrogens is 1010 g/mol. The lowest BCUT2D eigenvalue weighted by Gasteiger charge is -2.29. The third-order valence-electron chi connectivity index (χ3n) is 15.4. The highest BCUT2D eigenvalue weighted by atomic mass is 32.2. The normalized spacial score (nSPS) is 19.0. The number of nitrogens with one attached hydrogen (secondary N) is 2. The van der Waals surface area contributed by atoms with Gasteiger partial charge in [0.25, 0.3) is 10.1 Å². The number of anilines is 1. The number of unbranched alkanes of at least 4 members (excludes halogenated alkanes) is 2. The number of fused-ring (bicyclic) bond motifs is 3. The molecular formula is C62H74N5O8S2+. The van der Waals surface area contributed by atoms with Crippen LogP contribution in [0.1, 0.15) is 124 Å². The first-order valence-electron chi connectivity index (χ1n) is 26.9. The highest BCUT2D eigenvalue weighted by molar-refractivity contribution is 7.94. The maximum absolute atomic E-state index is 13.3. The number of carboxylic acid groups (broad SMARTS) is 1. The van der Waals surface area contributed by atoms with Crippen LogP contribution < -0.4 is 15.4 Å². The van der Waals surface area contributed by atoms with E-state index in [2.05, 4.69) is 114 Å². The van der Waals surface area contributed by atoms with E-state index in [4.69, 9.17) is 4.74 Å². The minimum Gasteiger partial charge on any atom is -0.494 e. The van der Waals surface area contributed by atoms with Crippen molar-refractivity contribution in [2.45, 2.75) is 127 Å². The Morgan fingerprint density at radius 3 is 2.48 bits per heavy atom. The number of amides is 1. The molecule has 2 unspecified atom stereocenters. The summed E-state index contributed by atoms with van der Waals surface area (Å²) in [6.07, 6.45) is 26.1. The lowest BCUT2D eigenvalue weighted by molar-refractivity contribution is -0.433. The van der Waals surface area contributed by atoms with Gasteiger partial charge in [-0.05, 0) is 172 Å². The lowest BCUT2D eigenvalue weighted by atomic mass is 9.79. The fraction of sp³-hybridized carbons (Fsp3) is 0.387. The highest BCUT2D eigenvalue weighted by Gasteiger charge is 2.45. The van der Waals surface area contributed by atoms with Crippen LogP contribution in [0, 0.1) is 12.3 Å². The molecule has 0 bridgehead atoms. The van der Waals surface area contributed by atoms with E-state index in [0.29, 0.717) is 39.0 Å². The first kappa shape index (κ1) is 56.7. The molecule has 0 spiro atoms. The van der Waals surface area contributed by atoms with E-state index >= 15 is 0 Å². The molecule has 0 saturated carbocycles. The minimum atomic E-state index is -4.33. The van der Waals surface area contributed by atoms with Crippen LogP contribution >= 0.6 is 12.0 Å². The molecule has 1 amide bonds. The van der Waals surface area contributed by atoms with E-state index in [1.165, 1.54) is 23.0 Å². The van der Waals surface area contributed by atoms with Crippen LogP contribution in [0.2, 0.25) is 0 Å². The number of nitrogens with zero attached hydrogens (tertiary/aromatic N) is 3. The van der Waals surface area contributed by atoms with Gasteiger partial charge in [0.05, 0.1) is 28.6 Å². The van der Waals surface area contributed by atoms with Crippen LogP contribution in [0.4, 0.5) is 11.5 Å². The van der Waals surface area contributed by atoms with Gasteiger partial charge in [-0.1, -0.05) is 81.0 Å². The van der Waals surface area contributed by atoms with Gasteiger partial charge in [0.2, 0.25) is 11.6 Å². The van der Waals surface area contributed by atoms with Crippen molar-refractivity contribution in [3.8, 4) is 5.75 Å². The van der Waals surface area contributed by atoms with Crippen molar-refractivity contribution >= 4 is 51.3 Å². The van der Waals surface area contributed by atoms with E-state index in [0.717, 1.165) is 119 Å². The molecule has 0 fully saturated rings. The minimum absolute atomic E-state index is 0.00115. The lowest BCUT2D eigenvalue weighted by Crippen LogP contribution is -2.27. The van der Waals surface area contributed by atoms with Crippen molar-refractivity contribution in [1.29, 1.82) is 0 Å². The van der Waals surface area contributed by atoms with E-state index in [-0.39, 0.29) is 33.8 Å². The molecule has 8 rings (SSSR count). The highest BCUT2D eigenvalue weighted by Crippen LogP contribution is 2.51. The number of ether oxygens (including phenoxy) is 1. The molecule has 3 aromatic carbocycles. The zero-order chi connectivity index (χ0) is 54.9. The average molecular weight is 1080 g/mol. The Hall–Kier alpha value is -6.52. The fourth-order valence-corrected chi connectivity index (χ4v) is 12.3. The summed E-state index contributed by atoms with van der Waals surface area (Å²) in [5.41, 5.74) is 12.2. The quantitative estimate of drug-likeness (QED) is 0.0156. The van der Waals surface area contributed by atoms with Crippen LogP contribution in [0.5, 0.6) is 5.75 Å². The Balaban J connectivity index is 0.844.